The summed E-state index contributed by atoms with van der Waals surface area (Å²) in [6.07, 6.45) is 3.56. The van der Waals surface area contributed by atoms with Crippen LogP contribution in [0.4, 0.5) is 0 Å². The molecule has 2 heterocycles. The summed E-state index contributed by atoms with van der Waals surface area (Å²) in [5.41, 5.74) is 3.74. The SMILES string of the molecule is COc1ccc(/C=C(/C#N)C(=O)NC[C@@H]2CCCO2)cc1Cn1nc(C)cc1C. The molecule has 1 fully saturated rings. The van der Waals surface area contributed by atoms with E-state index in [4.69, 9.17) is 9.47 Å². The van der Waals surface area contributed by atoms with Crippen LogP contribution in [0.2, 0.25) is 0 Å². The summed E-state index contributed by atoms with van der Waals surface area (Å²) in [5.74, 6) is 0.343. The minimum atomic E-state index is -0.390. The van der Waals surface area contributed by atoms with Crippen LogP contribution in [0, 0.1) is 25.2 Å². The number of carbonyl (C=O) groups excluding carboxylic acids is 1. The number of hydrogen-bond donors (Lipinski definition) is 1. The first-order valence-corrected chi connectivity index (χ1v) is 9.69. The Bertz CT molecular complexity index is 949. The fourth-order valence-corrected chi connectivity index (χ4v) is 3.43. The van der Waals surface area contributed by atoms with Crippen LogP contribution in [0.5, 0.6) is 5.75 Å². The number of methoxy groups -OCH3 is 1. The van der Waals surface area contributed by atoms with Crippen LogP contribution in [-0.4, -0.2) is 42.1 Å². The van der Waals surface area contributed by atoms with E-state index in [0.717, 1.165) is 47.7 Å². The summed E-state index contributed by atoms with van der Waals surface area (Å²) in [6.45, 7) is 5.64. The van der Waals surface area contributed by atoms with E-state index in [2.05, 4.69) is 10.4 Å². The molecule has 0 aliphatic carbocycles. The third-order valence-corrected chi connectivity index (χ3v) is 4.92. The second-order valence-electron chi connectivity index (χ2n) is 7.17. The third kappa shape index (κ3) is 5.24. The summed E-state index contributed by atoms with van der Waals surface area (Å²) in [7, 11) is 1.62. The molecule has 7 nitrogen and oxygen atoms in total. The number of nitrogens with zero attached hydrogens (tertiary/aromatic N) is 3. The summed E-state index contributed by atoms with van der Waals surface area (Å²) < 4.78 is 12.9. The van der Waals surface area contributed by atoms with Gasteiger partial charge in [0.1, 0.15) is 17.4 Å². The number of ether oxygens (including phenoxy) is 2. The van der Waals surface area contributed by atoms with E-state index in [1.807, 2.05) is 48.9 Å². The maximum atomic E-state index is 12.4. The zero-order chi connectivity index (χ0) is 20.8. The summed E-state index contributed by atoms with van der Waals surface area (Å²) in [5, 5.41) is 16.7. The number of carbonyl (C=O) groups is 1. The van der Waals surface area contributed by atoms with Gasteiger partial charge in [0.25, 0.3) is 5.91 Å². The molecule has 152 valence electrons. The molecule has 1 N–H and O–H groups in total. The summed E-state index contributed by atoms with van der Waals surface area (Å²) in [6, 6.07) is 9.60. The average Bonchev–Trinajstić information content (AvgIpc) is 3.34. The van der Waals surface area contributed by atoms with Gasteiger partial charge in [-0.2, -0.15) is 10.4 Å². The number of benzene rings is 1. The smallest absolute Gasteiger partial charge is 0.262 e. The molecule has 1 atom stereocenters. The van der Waals surface area contributed by atoms with Crippen LogP contribution in [0.3, 0.4) is 0 Å². The van der Waals surface area contributed by atoms with E-state index in [1.165, 1.54) is 0 Å². The van der Waals surface area contributed by atoms with Gasteiger partial charge < -0.3 is 14.8 Å². The summed E-state index contributed by atoms with van der Waals surface area (Å²) in [4.78, 5) is 12.4. The van der Waals surface area contributed by atoms with Gasteiger partial charge in [-0.3, -0.25) is 9.48 Å². The van der Waals surface area contributed by atoms with Gasteiger partial charge in [0.05, 0.1) is 25.5 Å². The Hall–Kier alpha value is -3.11. The molecule has 3 rings (SSSR count). The number of rotatable bonds is 7. The molecule has 1 aliphatic rings. The first-order chi connectivity index (χ1) is 14.0. The number of aryl methyl sites for hydroxylation is 2. The number of nitrogens with one attached hydrogen (secondary N) is 1. The molecule has 0 unspecified atom stereocenters. The van der Waals surface area contributed by atoms with Gasteiger partial charge in [0.15, 0.2) is 0 Å². The van der Waals surface area contributed by atoms with Crippen LogP contribution >= 0.6 is 0 Å². The van der Waals surface area contributed by atoms with Crippen molar-refractivity contribution >= 4 is 12.0 Å². The van der Waals surface area contributed by atoms with E-state index < -0.39 is 0 Å². The van der Waals surface area contributed by atoms with Gasteiger partial charge in [-0.15, -0.1) is 0 Å². The first-order valence-electron chi connectivity index (χ1n) is 9.69. The van der Waals surface area contributed by atoms with Crippen molar-refractivity contribution in [3.63, 3.8) is 0 Å². The number of aromatic nitrogens is 2. The number of nitriles is 1. The summed E-state index contributed by atoms with van der Waals surface area (Å²) >= 11 is 0. The van der Waals surface area contributed by atoms with Gasteiger partial charge in [-0.05, 0) is 56.5 Å². The van der Waals surface area contributed by atoms with Crippen molar-refractivity contribution in [2.24, 2.45) is 0 Å². The number of amides is 1. The van der Waals surface area contributed by atoms with E-state index in [9.17, 15) is 10.1 Å². The Morgan fingerprint density at radius 3 is 2.90 bits per heavy atom. The fraction of sp³-hybridized carbons (Fsp3) is 0.409. The zero-order valence-electron chi connectivity index (χ0n) is 17.1. The lowest BCUT2D eigenvalue weighted by Gasteiger charge is -2.12. The maximum absolute atomic E-state index is 12.4. The highest BCUT2D eigenvalue weighted by molar-refractivity contribution is 6.01. The lowest BCUT2D eigenvalue weighted by molar-refractivity contribution is -0.117. The molecule has 29 heavy (non-hydrogen) atoms. The van der Waals surface area contributed by atoms with Crippen LogP contribution in [0.25, 0.3) is 6.08 Å². The van der Waals surface area contributed by atoms with Crippen molar-refractivity contribution < 1.29 is 14.3 Å². The lowest BCUT2D eigenvalue weighted by Crippen LogP contribution is -2.32. The molecule has 2 aromatic rings. The number of hydrogen-bond acceptors (Lipinski definition) is 5. The Morgan fingerprint density at radius 1 is 1.45 bits per heavy atom. The molecule has 1 aromatic carbocycles. The standard InChI is InChI=1S/C22H26N4O3/c1-15-9-16(2)26(25-15)14-19-11-17(6-7-21(19)28-3)10-18(12-23)22(27)24-13-20-5-4-8-29-20/h6-7,9-11,20H,4-5,8,13-14H2,1-3H3,(H,24,27)/b18-10-/t20-/m0/s1. The van der Waals surface area contributed by atoms with Crippen LogP contribution in [0.1, 0.15) is 35.4 Å². The predicted octanol–water partition coefficient (Wildman–Crippen LogP) is 2.76. The minimum Gasteiger partial charge on any atom is -0.496 e. The minimum absolute atomic E-state index is 0.0345. The van der Waals surface area contributed by atoms with Gasteiger partial charge in [0.2, 0.25) is 0 Å². The molecule has 1 aliphatic heterocycles. The van der Waals surface area contributed by atoms with Crippen molar-refractivity contribution in [2.75, 3.05) is 20.3 Å². The van der Waals surface area contributed by atoms with E-state index >= 15 is 0 Å². The molecule has 1 saturated heterocycles. The predicted molar refractivity (Wildman–Crippen MR) is 109 cm³/mol. The lowest BCUT2D eigenvalue weighted by atomic mass is 10.1. The Balaban J connectivity index is 1.78. The van der Waals surface area contributed by atoms with E-state index in [-0.39, 0.29) is 17.6 Å². The second-order valence-corrected chi connectivity index (χ2v) is 7.17. The molecule has 7 heteroatoms. The van der Waals surface area contributed by atoms with Crippen molar-refractivity contribution in [1.29, 1.82) is 5.26 Å². The van der Waals surface area contributed by atoms with Crippen LogP contribution < -0.4 is 10.1 Å². The fourth-order valence-electron chi connectivity index (χ4n) is 3.43. The Morgan fingerprint density at radius 2 is 2.28 bits per heavy atom. The normalized spacial score (nSPS) is 16.5. The monoisotopic (exact) mass is 394 g/mol. The highest BCUT2D eigenvalue weighted by Crippen LogP contribution is 2.23. The van der Waals surface area contributed by atoms with Gasteiger partial charge in [0, 0.05) is 24.4 Å². The van der Waals surface area contributed by atoms with Gasteiger partial charge >= 0.3 is 0 Å². The Labute approximate surface area is 170 Å². The van der Waals surface area contributed by atoms with E-state index in [0.29, 0.717) is 13.1 Å². The molecule has 1 amide bonds. The van der Waals surface area contributed by atoms with E-state index in [1.54, 1.807) is 13.2 Å². The highest BCUT2D eigenvalue weighted by Gasteiger charge is 2.18. The van der Waals surface area contributed by atoms with Gasteiger partial charge in [-0.1, -0.05) is 6.07 Å². The van der Waals surface area contributed by atoms with Crippen molar-refractivity contribution in [3.8, 4) is 11.8 Å². The first kappa shape index (κ1) is 20.6. The molecule has 0 saturated carbocycles. The molecular formula is C22H26N4O3. The quantitative estimate of drug-likeness (QED) is 0.576. The third-order valence-electron chi connectivity index (χ3n) is 4.92. The molecule has 0 bridgehead atoms. The molecular weight excluding hydrogens is 368 g/mol. The Kier molecular flexibility index (Phi) is 6.68. The highest BCUT2D eigenvalue weighted by atomic mass is 16.5. The molecule has 0 spiro atoms. The van der Waals surface area contributed by atoms with Crippen molar-refractivity contribution in [3.05, 3.63) is 52.4 Å². The van der Waals surface area contributed by atoms with Crippen LogP contribution in [-0.2, 0) is 16.1 Å². The molecule has 0 radical (unpaired) electrons. The molecule has 1 aromatic heterocycles. The van der Waals surface area contributed by atoms with Gasteiger partial charge in [-0.25, -0.2) is 0 Å². The average molecular weight is 394 g/mol. The second kappa shape index (κ2) is 9.39. The zero-order valence-corrected chi connectivity index (χ0v) is 17.1. The van der Waals surface area contributed by atoms with Crippen molar-refractivity contribution in [2.45, 2.75) is 39.3 Å². The largest absolute Gasteiger partial charge is 0.496 e. The maximum Gasteiger partial charge on any atom is 0.262 e. The van der Waals surface area contributed by atoms with Crippen LogP contribution in [0.15, 0.2) is 29.8 Å². The van der Waals surface area contributed by atoms with Crippen molar-refractivity contribution in [1.82, 2.24) is 15.1 Å². The topological polar surface area (TPSA) is 89.2 Å².